The molecule has 1 aromatic carbocycles. The van der Waals surface area contributed by atoms with Crippen LogP contribution >= 0.6 is 0 Å². The minimum Gasteiger partial charge on any atom is -0.460 e. The van der Waals surface area contributed by atoms with Crippen molar-refractivity contribution in [1.82, 2.24) is 0 Å². The molecule has 1 rings (SSSR count). The van der Waals surface area contributed by atoms with Gasteiger partial charge in [0.1, 0.15) is 6.61 Å². The highest BCUT2D eigenvalue weighted by Crippen LogP contribution is 2.00. The van der Waals surface area contributed by atoms with E-state index in [1.165, 1.54) is 0 Å². The van der Waals surface area contributed by atoms with E-state index in [0.717, 1.165) is 0 Å². The van der Waals surface area contributed by atoms with Crippen molar-refractivity contribution >= 4 is 5.97 Å². The van der Waals surface area contributed by atoms with Crippen LogP contribution in [0.15, 0.2) is 30.3 Å². The van der Waals surface area contributed by atoms with Crippen molar-refractivity contribution in [2.24, 2.45) is 0 Å². The average molecular weight is 194 g/mol. The van der Waals surface area contributed by atoms with Crippen LogP contribution in [0.3, 0.4) is 0 Å². The summed E-state index contributed by atoms with van der Waals surface area (Å²) < 4.78 is 10.0. The van der Waals surface area contributed by atoms with E-state index in [2.05, 4.69) is 0 Å². The van der Waals surface area contributed by atoms with Crippen molar-refractivity contribution in [2.45, 2.75) is 6.92 Å². The number of ether oxygens (including phenoxy) is 2. The Hall–Kier alpha value is -1.35. The maximum absolute atomic E-state index is 11.3. The predicted molar refractivity (Wildman–Crippen MR) is 53.2 cm³/mol. The number of hydrogen-bond donors (Lipinski definition) is 0. The fourth-order valence-corrected chi connectivity index (χ4v) is 0.995. The highest BCUT2D eigenvalue weighted by molar-refractivity contribution is 5.89. The normalized spacial score (nSPS) is 9.79. The Labute approximate surface area is 83.6 Å². The van der Waals surface area contributed by atoms with Gasteiger partial charge in [-0.1, -0.05) is 18.2 Å². The van der Waals surface area contributed by atoms with Gasteiger partial charge in [-0.3, -0.25) is 0 Å². The molecule has 1 aromatic rings. The molecule has 0 aliphatic rings. The molecule has 0 heterocycles. The van der Waals surface area contributed by atoms with E-state index in [1.54, 1.807) is 24.3 Å². The smallest absolute Gasteiger partial charge is 0.338 e. The van der Waals surface area contributed by atoms with Gasteiger partial charge in [0.25, 0.3) is 0 Å². The molecule has 0 N–H and O–H groups in total. The lowest BCUT2D eigenvalue weighted by Crippen LogP contribution is -2.10. The van der Waals surface area contributed by atoms with Gasteiger partial charge >= 0.3 is 5.97 Å². The fraction of sp³-hybridized carbons (Fsp3) is 0.364. The van der Waals surface area contributed by atoms with Gasteiger partial charge in [-0.2, -0.15) is 0 Å². The van der Waals surface area contributed by atoms with Crippen LogP contribution in [0.5, 0.6) is 0 Å². The summed E-state index contributed by atoms with van der Waals surface area (Å²) in [7, 11) is 0. The van der Waals surface area contributed by atoms with E-state index >= 15 is 0 Å². The summed E-state index contributed by atoms with van der Waals surface area (Å²) in [6.07, 6.45) is 0. The number of carbonyl (C=O) groups excluding carboxylic acids is 1. The standard InChI is InChI=1S/C11H14O3/c1-2-13-8-9-14-11(12)10-6-4-3-5-7-10/h3-7H,2,8-9H2,1H3. The van der Waals surface area contributed by atoms with Gasteiger partial charge in [0.15, 0.2) is 0 Å². The second-order valence-electron chi connectivity index (χ2n) is 2.70. The molecule has 0 saturated carbocycles. The van der Waals surface area contributed by atoms with Crippen LogP contribution in [-0.4, -0.2) is 25.8 Å². The number of rotatable bonds is 5. The third-order valence-corrected chi connectivity index (χ3v) is 1.67. The summed E-state index contributed by atoms with van der Waals surface area (Å²) in [6.45, 7) is 3.30. The highest BCUT2D eigenvalue weighted by atomic mass is 16.6. The first-order valence-electron chi connectivity index (χ1n) is 4.64. The molecule has 3 nitrogen and oxygen atoms in total. The van der Waals surface area contributed by atoms with Crippen molar-refractivity contribution in [3.8, 4) is 0 Å². The Balaban J connectivity index is 2.29. The Morgan fingerprint density at radius 1 is 1.21 bits per heavy atom. The molecule has 0 amide bonds. The second-order valence-corrected chi connectivity index (χ2v) is 2.70. The molecule has 14 heavy (non-hydrogen) atoms. The van der Waals surface area contributed by atoms with E-state index in [-0.39, 0.29) is 5.97 Å². The SMILES string of the molecule is CCOCCOC(=O)c1ccccc1. The van der Waals surface area contributed by atoms with E-state index in [9.17, 15) is 4.79 Å². The van der Waals surface area contributed by atoms with E-state index in [4.69, 9.17) is 9.47 Å². The number of carbonyl (C=O) groups is 1. The highest BCUT2D eigenvalue weighted by Gasteiger charge is 2.04. The van der Waals surface area contributed by atoms with Gasteiger partial charge < -0.3 is 9.47 Å². The molecule has 76 valence electrons. The van der Waals surface area contributed by atoms with E-state index in [1.807, 2.05) is 13.0 Å². The van der Waals surface area contributed by atoms with Crippen LogP contribution in [-0.2, 0) is 9.47 Å². The van der Waals surface area contributed by atoms with Gasteiger partial charge in [-0.05, 0) is 19.1 Å². The summed E-state index contributed by atoms with van der Waals surface area (Å²) in [5, 5.41) is 0. The molecule has 0 fully saturated rings. The second kappa shape index (κ2) is 6.16. The van der Waals surface area contributed by atoms with Crippen molar-refractivity contribution in [1.29, 1.82) is 0 Å². The van der Waals surface area contributed by atoms with Crippen molar-refractivity contribution in [3.63, 3.8) is 0 Å². The summed E-state index contributed by atoms with van der Waals surface area (Å²) in [6, 6.07) is 8.92. The van der Waals surface area contributed by atoms with Crippen LogP contribution in [0, 0.1) is 0 Å². The average Bonchev–Trinajstić information content (AvgIpc) is 2.25. The Morgan fingerprint density at radius 3 is 2.57 bits per heavy atom. The molecule has 0 aromatic heterocycles. The lowest BCUT2D eigenvalue weighted by atomic mass is 10.2. The maximum Gasteiger partial charge on any atom is 0.338 e. The van der Waals surface area contributed by atoms with E-state index in [0.29, 0.717) is 25.4 Å². The molecule has 0 atom stereocenters. The van der Waals surface area contributed by atoms with Gasteiger partial charge in [0.2, 0.25) is 0 Å². The molecule has 0 bridgehead atoms. The third kappa shape index (κ3) is 3.58. The minimum absolute atomic E-state index is 0.301. The molecule has 0 radical (unpaired) electrons. The van der Waals surface area contributed by atoms with Crippen LogP contribution in [0.1, 0.15) is 17.3 Å². The van der Waals surface area contributed by atoms with Crippen LogP contribution < -0.4 is 0 Å². The lowest BCUT2D eigenvalue weighted by molar-refractivity contribution is 0.0335. The zero-order chi connectivity index (χ0) is 10.2. The van der Waals surface area contributed by atoms with E-state index < -0.39 is 0 Å². The van der Waals surface area contributed by atoms with Crippen molar-refractivity contribution in [2.75, 3.05) is 19.8 Å². The Morgan fingerprint density at radius 2 is 1.93 bits per heavy atom. The summed E-state index contributed by atoms with van der Waals surface area (Å²) in [5.74, 6) is -0.301. The first kappa shape index (κ1) is 10.7. The molecular formula is C11H14O3. The zero-order valence-corrected chi connectivity index (χ0v) is 8.23. The summed E-state index contributed by atoms with van der Waals surface area (Å²) in [5.41, 5.74) is 0.573. The predicted octanol–water partition coefficient (Wildman–Crippen LogP) is 1.88. The summed E-state index contributed by atoms with van der Waals surface area (Å²) >= 11 is 0. The largest absolute Gasteiger partial charge is 0.460 e. The first-order chi connectivity index (χ1) is 6.84. The molecule has 3 heteroatoms. The van der Waals surface area contributed by atoms with Gasteiger partial charge in [-0.25, -0.2) is 4.79 Å². The van der Waals surface area contributed by atoms with Gasteiger partial charge in [0.05, 0.1) is 12.2 Å². The summed E-state index contributed by atoms with van der Waals surface area (Å²) in [4.78, 5) is 11.3. The topological polar surface area (TPSA) is 35.5 Å². The van der Waals surface area contributed by atoms with Crippen molar-refractivity contribution < 1.29 is 14.3 Å². The van der Waals surface area contributed by atoms with Gasteiger partial charge in [-0.15, -0.1) is 0 Å². The third-order valence-electron chi connectivity index (χ3n) is 1.67. The molecule has 0 spiro atoms. The first-order valence-corrected chi connectivity index (χ1v) is 4.64. The number of hydrogen-bond acceptors (Lipinski definition) is 3. The quantitative estimate of drug-likeness (QED) is 0.530. The molecule has 0 aliphatic carbocycles. The molecular weight excluding hydrogens is 180 g/mol. The lowest BCUT2D eigenvalue weighted by Gasteiger charge is -2.04. The van der Waals surface area contributed by atoms with Crippen LogP contribution in [0.2, 0.25) is 0 Å². The number of benzene rings is 1. The maximum atomic E-state index is 11.3. The molecule has 0 saturated heterocycles. The van der Waals surface area contributed by atoms with Crippen LogP contribution in [0.4, 0.5) is 0 Å². The Bertz CT molecular complexity index is 269. The molecule has 0 aliphatic heterocycles. The van der Waals surface area contributed by atoms with Crippen molar-refractivity contribution in [3.05, 3.63) is 35.9 Å². The number of esters is 1. The van der Waals surface area contributed by atoms with Gasteiger partial charge in [0, 0.05) is 6.61 Å². The minimum atomic E-state index is -0.301. The zero-order valence-electron chi connectivity index (χ0n) is 8.23. The fourth-order valence-electron chi connectivity index (χ4n) is 0.995. The van der Waals surface area contributed by atoms with Crippen LogP contribution in [0.25, 0.3) is 0 Å². The Kier molecular flexibility index (Phi) is 4.72. The monoisotopic (exact) mass is 194 g/mol. The molecule has 0 unspecified atom stereocenters.